The molecular weight excluding hydrogens is 352 g/mol. The van der Waals surface area contributed by atoms with E-state index in [0.717, 1.165) is 15.3 Å². The highest BCUT2D eigenvalue weighted by molar-refractivity contribution is 9.10. The fourth-order valence-corrected chi connectivity index (χ4v) is 3.21. The van der Waals surface area contributed by atoms with Crippen LogP contribution in [0.15, 0.2) is 27.8 Å². The van der Waals surface area contributed by atoms with Crippen molar-refractivity contribution in [3.8, 4) is 0 Å². The molecule has 0 spiro atoms. The first-order chi connectivity index (χ1) is 9.87. The largest absolute Gasteiger partial charge is 0.465 e. The Kier molecular flexibility index (Phi) is 7.70. The van der Waals surface area contributed by atoms with E-state index >= 15 is 0 Å². The van der Waals surface area contributed by atoms with Crippen LogP contribution in [-0.2, 0) is 9.53 Å². The molecule has 0 radical (unpaired) electrons. The van der Waals surface area contributed by atoms with Gasteiger partial charge in [-0.05, 0) is 62.2 Å². The second-order valence-corrected chi connectivity index (χ2v) is 7.30. The maximum atomic E-state index is 12.2. The van der Waals surface area contributed by atoms with Crippen LogP contribution >= 0.6 is 27.7 Å². The minimum Gasteiger partial charge on any atom is -0.465 e. The molecule has 0 fully saturated rings. The van der Waals surface area contributed by atoms with Gasteiger partial charge < -0.3 is 4.74 Å². The number of nitrogens with one attached hydrogen (secondary N) is 1. The number of nitrogens with zero attached hydrogens (tertiary/aromatic N) is 1. The van der Waals surface area contributed by atoms with Gasteiger partial charge in [0.2, 0.25) is 0 Å². The first-order valence-electron chi connectivity index (χ1n) is 7.06. The van der Waals surface area contributed by atoms with Crippen molar-refractivity contribution in [2.24, 2.45) is 0 Å². The molecule has 118 valence electrons. The van der Waals surface area contributed by atoms with E-state index in [1.54, 1.807) is 18.0 Å². The Balaban J connectivity index is 2.60. The van der Waals surface area contributed by atoms with E-state index in [2.05, 4.69) is 26.2 Å². The van der Waals surface area contributed by atoms with E-state index in [-0.39, 0.29) is 12.0 Å². The summed E-state index contributed by atoms with van der Waals surface area (Å²) >= 11 is 5.00. The number of thioether (sulfide) groups is 1. The molecule has 0 amide bonds. The predicted octanol–water partition coefficient (Wildman–Crippen LogP) is 3.65. The lowest BCUT2D eigenvalue weighted by Gasteiger charge is -2.30. The number of aromatic nitrogens is 1. The molecule has 1 atom stereocenters. The molecule has 6 heteroatoms. The number of pyridine rings is 1. The van der Waals surface area contributed by atoms with E-state index in [1.165, 1.54) is 0 Å². The van der Waals surface area contributed by atoms with Crippen LogP contribution in [0.2, 0.25) is 0 Å². The number of carbonyl (C=O) groups excluding carboxylic acids is 1. The molecule has 1 heterocycles. The minimum absolute atomic E-state index is 0.192. The summed E-state index contributed by atoms with van der Waals surface area (Å²) in [6.07, 6.45) is 2.46. The summed E-state index contributed by atoms with van der Waals surface area (Å²) in [5.74, 6) is 0.604. The molecule has 4 nitrogen and oxygen atoms in total. The standard InChI is InChI=1S/C15H23BrN2O2S/c1-5-20-14(19)15(4,18-11(2)3)8-9-21-13-7-6-12(16)10-17-13/h6-7,10-11,18H,5,8-9H2,1-4H3. The Morgan fingerprint density at radius 3 is 2.76 bits per heavy atom. The molecule has 0 saturated carbocycles. The molecule has 0 aliphatic heterocycles. The summed E-state index contributed by atoms with van der Waals surface area (Å²) in [4.78, 5) is 16.5. The molecule has 0 aliphatic carbocycles. The van der Waals surface area contributed by atoms with Gasteiger partial charge in [-0.3, -0.25) is 10.1 Å². The molecule has 21 heavy (non-hydrogen) atoms. The van der Waals surface area contributed by atoms with Gasteiger partial charge in [-0.2, -0.15) is 0 Å². The Bertz CT molecular complexity index is 453. The highest BCUT2D eigenvalue weighted by atomic mass is 79.9. The zero-order chi connectivity index (χ0) is 15.9. The van der Waals surface area contributed by atoms with Gasteiger partial charge in [-0.15, -0.1) is 11.8 Å². The van der Waals surface area contributed by atoms with Gasteiger partial charge in [-0.25, -0.2) is 4.98 Å². The number of esters is 1. The molecule has 1 rings (SSSR count). The maximum absolute atomic E-state index is 12.2. The van der Waals surface area contributed by atoms with Crippen LogP contribution < -0.4 is 5.32 Å². The first-order valence-corrected chi connectivity index (χ1v) is 8.84. The molecule has 0 aromatic carbocycles. The average Bonchev–Trinajstić information content (AvgIpc) is 2.40. The number of carbonyl (C=O) groups is 1. The topological polar surface area (TPSA) is 51.2 Å². The van der Waals surface area contributed by atoms with Crippen molar-refractivity contribution in [3.63, 3.8) is 0 Å². The fourth-order valence-electron chi connectivity index (χ4n) is 1.97. The summed E-state index contributed by atoms with van der Waals surface area (Å²) in [5.41, 5.74) is -0.660. The number of hydrogen-bond acceptors (Lipinski definition) is 5. The van der Waals surface area contributed by atoms with Crippen molar-refractivity contribution in [2.45, 2.75) is 50.7 Å². The van der Waals surface area contributed by atoms with Crippen LogP contribution in [0.3, 0.4) is 0 Å². The van der Waals surface area contributed by atoms with Crippen molar-refractivity contribution < 1.29 is 9.53 Å². The SMILES string of the molecule is CCOC(=O)C(C)(CCSc1ccc(Br)cn1)NC(C)C. The Hall–Kier alpha value is -0.590. The third-order valence-corrected chi connectivity index (χ3v) is 4.30. The highest BCUT2D eigenvalue weighted by Crippen LogP contribution is 2.22. The molecule has 1 unspecified atom stereocenters. The lowest BCUT2D eigenvalue weighted by atomic mass is 9.98. The van der Waals surface area contributed by atoms with Gasteiger partial charge in [0, 0.05) is 22.5 Å². The van der Waals surface area contributed by atoms with Gasteiger partial charge in [0.15, 0.2) is 0 Å². The molecule has 0 aliphatic rings. The average molecular weight is 375 g/mol. The van der Waals surface area contributed by atoms with Crippen LogP contribution in [0.1, 0.15) is 34.1 Å². The molecular formula is C15H23BrN2O2S. The zero-order valence-corrected chi connectivity index (χ0v) is 15.4. The van der Waals surface area contributed by atoms with E-state index in [0.29, 0.717) is 13.0 Å². The van der Waals surface area contributed by atoms with Gasteiger partial charge in [0.1, 0.15) is 5.54 Å². The van der Waals surface area contributed by atoms with Gasteiger partial charge in [0.05, 0.1) is 11.6 Å². The van der Waals surface area contributed by atoms with Crippen molar-refractivity contribution in [1.29, 1.82) is 0 Å². The minimum atomic E-state index is -0.660. The Labute approximate surface area is 139 Å². The Morgan fingerprint density at radius 2 is 2.24 bits per heavy atom. The van der Waals surface area contributed by atoms with Crippen molar-refractivity contribution in [3.05, 3.63) is 22.8 Å². The quantitative estimate of drug-likeness (QED) is 0.555. The van der Waals surface area contributed by atoms with E-state index in [9.17, 15) is 4.79 Å². The molecule has 1 N–H and O–H groups in total. The lowest BCUT2D eigenvalue weighted by molar-refractivity contribution is -0.150. The second kappa shape index (κ2) is 8.76. The second-order valence-electron chi connectivity index (χ2n) is 5.26. The fraction of sp³-hybridized carbons (Fsp3) is 0.600. The van der Waals surface area contributed by atoms with Crippen LogP contribution in [0.25, 0.3) is 0 Å². The van der Waals surface area contributed by atoms with Crippen LogP contribution in [-0.4, -0.2) is 34.9 Å². The van der Waals surface area contributed by atoms with Gasteiger partial charge in [-0.1, -0.05) is 0 Å². The summed E-state index contributed by atoms with van der Waals surface area (Å²) < 4.78 is 6.16. The van der Waals surface area contributed by atoms with Crippen LogP contribution in [0.4, 0.5) is 0 Å². The van der Waals surface area contributed by atoms with E-state index in [4.69, 9.17) is 4.74 Å². The van der Waals surface area contributed by atoms with Crippen molar-refractivity contribution >= 4 is 33.7 Å². The summed E-state index contributed by atoms with van der Waals surface area (Å²) in [5, 5.41) is 4.27. The first kappa shape index (κ1) is 18.5. The predicted molar refractivity (Wildman–Crippen MR) is 90.6 cm³/mol. The maximum Gasteiger partial charge on any atom is 0.326 e. The number of hydrogen-bond donors (Lipinski definition) is 1. The summed E-state index contributed by atoms with van der Waals surface area (Å²) in [6, 6.07) is 4.15. The summed E-state index contributed by atoms with van der Waals surface area (Å²) in [7, 11) is 0. The van der Waals surface area contributed by atoms with Crippen LogP contribution in [0, 0.1) is 0 Å². The zero-order valence-electron chi connectivity index (χ0n) is 13.0. The lowest BCUT2D eigenvalue weighted by Crippen LogP contribution is -2.53. The monoisotopic (exact) mass is 374 g/mol. The van der Waals surface area contributed by atoms with E-state index < -0.39 is 5.54 Å². The highest BCUT2D eigenvalue weighted by Gasteiger charge is 2.34. The Morgan fingerprint density at radius 1 is 1.52 bits per heavy atom. The number of ether oxygens (including phenoxy) is 1. The smallest absolute Gasteiger partial charge is 0.326 e. The molecule has 0 bridgehead atoms. The molecule has 1 aromatic heterocycles. The van der Waals surface area contributed by atoms with Crippen LogP contribution in [0.5, 0.6) is 0 Å². The van der Waals surface area contributed by atoms with E-state index in [1.807, 2.05) is 39.8 Å². The molecule has 0 saturated heterocycles. The normalized spacial score (nSPS) is 14.0. The molecule has 1 aromatic rings. The van der Waals surface area contributed by atoms with Gasteiger partial charge >= 0.3 is 5.97 Å². The third-order valence-electron chi connectivity index (χ3n) is 2.89. The third kappa shape index (κ3) is 6.36. The summed E-state index contributed by atoms with van der Waals surface area (Å²) in [6.45, 7) is 8.19. The number of halogens is 1. The number of rotatable bonds is 8. The van der Waals surface area contributed by atoms with Crippen molar-refractivity contribution in [1.82, 2.24) is 10.3 Å². The van der Waals surface area contributed by atoms with Gasteiger partial charge in [0.25, 0.3) is 0 Å². The van der Waals surface area contributed by atoms with Crippen molar-refractivity contribution in [2.75, 3.05) is 12.4 Å².